The number of hydrogen-bond acceptors (Lipinski definition) is 4. The molecule has 1 fully saturated rings. The number of likely N-dealkylation sites (tertiary alicyclic amines) is 1. The van der Waals surface area contributed by atoms with Crippen LogP contribution in [0.5, 0.6) is 0 Å². The zero-order valence-electron chi connectivity index (χ0n) is 15.4. The summed E-state index contributed by atoms with van der Waals surface area (Å²) in [6.45, 7) is 2.93. The summed E-state index contributed by atoms with van der Waals surface area (Å²) in [7, 11) is 0. The van der Waals surface area contributed by atoms with Gasteiger partial charge in [0.25, 0.3) is 5.91 Å². The SMILES string of the molecule is Cc1cc(=O)c(C(=O)N2CCC(n3cc(-c4cccc(Cl)c4)nn3)CC2)c[nH]1. The molecule has 8 heteroatoms. The first-order valence-electron chi connectivity index (χ1n) is 9.17. The first-order valence-corrected chi connectivity index (χ1v) is 9.55. The molecule has 0 aliphatic carbocycles. The Kier molecular flexibility index (Phi) is 5.00. The van der Waals surface area contributed by atoms with Crippen molar-refractivity contribution in [3.8, 4) is 11.3 Å². The molecule has 0 unspecified atom stereocenters. The molecule has 0 atom stereocenters. The van der Waals surface area contributed by atoms with Gasteiger partial charge in [0.05, 0.1) is 12.2 Å². The number of hydrogen-bond donors (Lipinski definition) is 1. The molecule has 1 aliphatic rings. The van der Waals surface area contributed by atoms with Crippen molar-refractivity contribution in [2.75, 3.05) is 13.1 Å². The molecular formula is C20H20ClN5O2. The number of aromatic nitrogens is 4. The van der Waals surface area contributed by atoms with Gasteiger partial charge in [-0.15, -0.1) is 5.10 Å². The van der Waals surface area contributed by atoms with Crippen molar-refractivity contribution in [2.45, 2.75) is 25.8 Å². The Labute approximate surface area is 166 Å². The fourth-order valence-electron chi connectivity index (χ4n) is 3.48. The zero-order chi connectivity index (χ0) is 19.7. The molecule has 1 N–H and O–H groups in total. The van der Waals surface area contributed by atoms with E-state index in [9.17, 15) is 9.59 Å². The number of halogens is 1. The van der Waals surface area contributed by atoms with Gasteiger partial charge in [-0.05, 0) is 31.9 Å². The normalized spacial score (nSPS) is 15.0. The molecule has 28 heavy (non-hydrogen) atoms. The Morgan fingerprint density at radius 3 is 2.75 bits per heavy atom. The highest BCUT2D eigenvalue weighted by Gasteiger charge is 2.26. The summed E-state index contributed by atoms with van der Waals surface area (Å²) >= 11 is 6.05. The molecule has 1 saturated heterocycles. The van der Waals surface area contributed by atoms with Crippen molar-refractivity contribution in [1.82, 2.24) is 24.9 Å². The lowest BCUT2D eigenvalue weighted by atomic mass is 10.0. The van der Waals surface area contributed by atoms with E-state index in [2.05, 4.69) is 15.3 Å². The summed E-state index contributed by atoms with van der Waals surface area (Å²) in [5.41, 5.74) is 2.37. The Hall–Kier alpha value is -2.93. The van der Waals surface area contributed by atoms with E-state index in [0.717, 1.165) is 29.8 Å². The summed E-state index contributed by atoms with van der Waals surface area (Å²) in [4.78, 5) is 29.4. The minimum absolute atomic E-state index is 0.167. The first-order chi connectivity index (χ1) is 13.5. The highest BCUT2D eigenvalue weighted by molar-refractivity contribution is 6.30. The smallest absolute Gasteiger partial charge is 0.259 e. The number of piperidine rings is 1. The number of benzene rings is 1. The van der Waals surface area contributed by atoms with E-state index < -0.39 is 0 Å². The fourth-order valence-corrected chi connectivity index (χ4v) is 3.67. The van der Waals surface area contributed by atoms with Crippen molar-refractivity contribution < 1.29 is 4.79 Å². The van der Waals surface area contributed by atoms with Crippen LogP contribution >= 0.6 is 11.6 Å². The average molecular weight is 398 g/mol. The van der Waals surface area contributed by atoms with Gasteiger partial charge in [0.15, 0.2) is 5.43 Å². The van der Waals surface area contributed by atoms with E-state index in [-0.39, 0.29) is 22.9 Å². The molecule has 1 amide bonds. The first kappa shape index (κ1) is 18.4. The minimum Gasteiger partial charge on any atom is -0.364 e. The van der Waals surface area contributed by atoms with Crippen LogP contribution in [0.2, 0.25) is 5.02 Å². The molecule has 1 aliphatic heterocycles. The van der Waals surface area contributed by atoms with Crippen LogP contribution < -0.4 is 5.43 Å². The third-order valence-corrected chi connectivity index (χ3v) is 5.28. The maximum absolute atomic E-state index is 12.7. The van der Waals surface area contributed by atoms with E-state index in [1.807, 2.05) is 35.1 Å². The Morgan fingerprint density at radius 2 is 2.04 bits per heavy atom. The Balaban J connectivity index is 1.43. The van der Waals surface area contributed by atoms with Crippen LogP contribution in [-0.2, 0) is 0 Å². The molecule has 0 saturated carbocycles. The number of pyridine rings is 1. The number of aromatic amines is 1. The topological polar surface area (TPSA) is 83.9 Å². The maximum Gasteiger partial charge on any atom is 0.259 e. The van der Waals surface area contributed by atoms with E-state index in [1.54, 1.807) is 11.8 Å². The molecule has 7 nitrogen and oxygen atoms in total. The van der Waals surface area contributed by atoms with Crippen molar-refractivity contribution in [1.29, 1.82) is 0 Å². The number of rotatable bonds is 3. The second-order valence-electron chi connectivity index (χ2n) is 7.01. The summed E-state index contributed by atoms with van der Waals surface area (Å²) in [6, 6.07) is 9.12. The molecule has 3 aromatic rings. The summed E-state index contributed by atoms with van der Waals surface area (Å²) in [5.74, 6) is -0.224. The number of carbonyl (C=O) groups excluding carboxylic acids is 1. The van der Waals surface area contributed by atoms with Gasteiger partial charge in [-0.1, -0.05) is 28.9 Å². The van der Waals surface area contributed by atoms with Gasteiger partial charge in [0.2, 0.25) is 0 Å². The average Bonchev–Trinajstić information content (AvgIpc) is 3.18. The molecular weight excluding hydrogens is 378 g/mol. The van der Waals surface area contributed by atoms with Crippen LogP contribution in [0.4, 0.5) is 0 Å². The summed E-state index contributed by atoms with van der Waals surface area (Å²) in [5, 5.41) is 9.17. The predicted molar refractivity (Wildman–Crippen MR) is 106 cm³/mol. The van der Waals surface area contributed by atoms with Gasteiger partial charge in [-0.3, -0.25) is 9.59 Å². The van der Waals surface area contributed by atoms with Gasteiger partial charge < -0.3 is 9.88 Å². The van der Waals surface area contributed by atoms with Crippen molar-refractivity contribution in [2.24, 2.45) is 0 Å². The van der Waals surface area contributed by atoms with E-state index in [4.69, 9.17) is 11.6 Å². The number of aryl methyl sites for hydroxylation is 1. The van der Waals surface area contributed by atoms with Crippen molar-refractivity contribution in [3.05, 3.63) is 69.2 Å². The lowest BCUT2D eigenvalue weighted by Gasteiger charge is -2.31. The Morgan fingerprint density at radius 1 is 1.25 bits per heavy atom. The molecule has 1 aromatic carbocycles. The number of amides is 1. The van der Waals surface area contributed by atoms with Crippen LogP contribution in [0.15, 0.2) is 47.5 Å². The largest absolute Gasteiger partial charge is 0.364 e. The monoisotopic (exact) mass is 397 g/mol. The van der Waals surface area contributed by atoms with E-state index in [1.165, 1.54) is 12.3 Å². The van der Waals surface area contributed by atoms with Crippen LogP contribution in [0.25, 0.3) is 11.3 Å². The van der Waals surface area contributed by atoms with Crippen LogP contribution in [0.3, 0.4) is 0 Å². The van der Waals surface area contributed by atoms with Gasteiger partial charge in [0, 0.05) is 41.6 Å². The standard InChI is InChI=1S/C20H20ClN5O2/c1-13-9-19(27)17(11-22-13)20(28)25-7-5-16(6-8-25)26-12-18(23-24-26)14-3-2-4-15(21)10-14/h2-4,9-12,16H,5-8H2,1H3,(H,22,27). The van der Waals surface area contributed by atoms with Crippen molar-refractivity contribution >= 4 is 17.5 Å². The molecule has 0 bridgehead atoms. The number of H-pyrrole nitrogens is 1. The highest BCUT2D eigenvalue weighted by Crippen LogP contribution is 2.25. The zero-order valence-corrected chi connectivity index (χ0v) is 16.2. The second-order valence-corrected chi connectivity index (χ2v) is 7.45. The van der Waals surface area contributed by atoms with Crippen LogP contribution in [0, 0.1) is 6.92 Å². The second kappa shape index (κ2) is 7.59. The predicted octanol–water partition coefficient (Wildman–Crippen LogP) is 3.07. The van der Waals surface area contributed by atoms with Gasteiger partial charge >= 0.3 is 0 Å². The molecule has 2 aromatic heterocycles. The lowest BCUT2D eigenvalue weighted by molar-refractivity contribution is 0.0687. The molecule has 0 spiro atoms. The Bertz CT molecular complexity index is 1070. The highest BCUT2D eigenvalue weighted by atomic mass is 35.5. The van der Waals surface area contributed by atoms with Gasteiger partial charge in [0.1, 0.15) is 11.3 Å². The third kappa shape index (κ3) is 3.71. The number of carbonyl (C=O) groups is 1. The molecule has 4 rings (SSSR count). The van der Waals surface area contributed by atoms with Gasteiger partial charge in [-0.25, -0.2) is 4.68 Å². The van der Waals surface area contributed by atoms with E-state index >= 15 is 0 Å². The van der Waals surface area contributed by atoms with E-state index in [0.29, 0.717) is 18.1 Å². The third-order valence-electron chi connectivity index (χ3n) is 5.04. The fraction of sp³-hybridized carbons (Fsp3) is 0.300. The lowest BCUT2D eigenvalue weighted by Crippen LogP contribution is -2.40. The van der Waals surface area contributed by atoms with Gasteiger partial charge in [-0.2, -0.15) is 0 Å². The number of nitrogens with zero attached hydrogens (tertiary/aromatic N) is 4. The summed E-state index contributed by atoms with van der Waals surface area (Å²) < 4.78 is 1.86. The molecule has 0 radical (unpaired) electrons. The minimum atomic E-state index is -0.245. The quantitative estimate of drug-likeness (QED) is 0.736. The van der Waals surface area contributed by atoms with Crippen LogP contribution in [0.1, 0.15) is 34.9 Å². The van der Waals surface area contributed by atoms with Crippen LogP contribution in [-0.4, -0.2) is 43.9 Å². The summed E-state index contributed by atoms with van der Waals surface area (Å²) in [6.07, 6.45) is 4.93. The molecule has 144 valence electrons. The van der Waals surface area contributed by atoms with Crippen molar-refractivity contribution in [3.63, 3.8) is 0 Å². The maximum atomic E-state index is 12.7. The number of nitrogens with one attached hydrogen (secondary N) is 1. The molecule has 3 heterocycles.